The Kier molecular flexibility index (Phi) is 10.6. The second kappa shape index (κ2) is 13.5. The zero-order chi connectivity index (χ0) is 31.2. The number of hydrogen-bond donors (Lipinski definition) is 2. The van der Waals surface area contributed by atoms with Crippen LogP contribution < -0.4 is 10.5 Å². The Balaban J connectivity index is 1.99. The van der Waals surface area contributed by atoms with Crippen molar-refractivity contribution in [2.45, 2.75) is 79.2 Å². The molecule has 0 fully saturated rings. The lowest BCUT2D eigenvalue weighted by atomic mass is 9.86. The first-order valence-corrected chi connectivity index (χ1v) is 14.7. The lowest BCUT2D eigenvalue weighted by Crippen LogP contribution is -2.22. The zero-order valence-electron chi connectivity index (χ0n) is 25.8. The van der Waals surface area contributed by atoms with Gasteiger partial charge in [-0.2, -0.15) is 0 Å². The molecule has 1 heterocycles. The molecule has 0 aliphatic carbocycles. The molecule has 1 aromatic heterocycles. The number of nitrogens with two attached hydrogens (primary N) is 1. The van der Waals surface area contributed by atoms with Crippen molar-refractivity contribution in [1.29, 1.82) is 0 Å². The number of benzene rings is 2. The Hall–Kier alpha value is -3.69. The Bertz CT molecular complexity index is 1470. The molecule has 0 aliphatic heterocycles. The number of aliphatic hydroxyl groups excluding tert-OH is 1. The van der Waals surface area contributed by atoms with E-state index in [-0.39, 0.29) is 41.3 Å². The van der Waals surface area contributed by atoms with E-state index in [9.17, 15) is 14.7 Å². The molecule has 0 bridgehead atoms. The molecule has 42 heavy (non-hydrogen) atoms. The highest BCUT2D eigenvalue weighted by molar-refractivity contribution is 8.17. The summed E-state index contributed by atoms with van der Waals surface area (Å²) in [6, 6.07) is 13.5. The summed E-state index contributed by atoms with van der Waals surface area (Å²) in [6.45, 7) is 16.1. The van der Waals surface area contributed by atoms with E-state index in [1.54, 1.807) is 26.1 Å². The first-order valence-electron chi connectivity index (χ1n) is 13.9. The average molecular weight is 591 g/mol. The van der Waals surface area contributed by atoms with Gasteiger partial charge in [0.1, 0.15) is 23.1 Å². The molecule has 0 aliphatic rings. The number of aromatic nitrogens is 2. The monoisotopic (exact) mass is 590 g/mol. The zero-order valence-corrected chi connectivity index (χ0v) is 26.6. The molecule has 8 nitrogen and oxygen atoms in total. The molecule has 1 amide bonds. The molecule has 0 spiro atoms. The van der Waals surface area contributed by atoms with E-state index in [1.165, 1.54) is 4.90 Å². The van der Waals surface area contributed by atoms with Crippen LogP contribution in [0.3, 0.4) is 0 Å². The van der Waals surface area contributed by atoms with E-state index in [2.05, 4.69) is 57.6 Å². The van der Waals surface area contributed by atoms with Gasteiger partial charge >= 0.3 is 0 Å². The number of ether oxygens (including phenoxy) is 1. The van der Waals surface area contributed by atoms with Crippen molar-refractivity contribution in [3.8, 4) is 11.5 Å². The number of aliphatic hydroxyl groups is 1. The summed E-state index contributed by atoms with van der Waals surface area (Å²) in [5, 5.41) is 9.56. The van der Waals surface area contributed by atoms with Crippen LogP contribution in [0.25, 0.3) is 0 Å². The van der Waals surface area contributed by atoms with Crippen LogP contribution in [0.4, 0.5) is 5.82 Å². The molecule has 3 rings (SSSR count). The highest BCUT2D eigenvalue weighted by Crippen LogP contribution is 2.37. The van der Waals surface area contributed by atoms with E-state index < -0.39 is 0 Å². The van der Waals surface area contributed by atoms with Crippen LogP contribution in [-0.4, -0.2) is 38.1 Å². The van der Waals surface area contributed by atoms with Gasteiger partial charge < -0.3 is 20.5 Å². The number of anilines is 1. The number of thioether (sulfide) groups is 1. The van der Waals surface area contributed by atoms with Crippen LogP contribution in [0, 0.1) is 6.92 Å². The molecule has 9 heteroatoms. The van der Waals surface area contributed by atoms with Crippen molar-refractivity contribution in [2.75, 3.05) is 12.3 Å². The highest BCUT2D eigenvalue weighted by Gasteiger charge is 2.23. The first kappa shape index (κ1) is 32.8. The number of hydrogen-bond acceptors (Lipinski definition) is 8. The number of carbonyl (C=O) groups is 2. The Morgan fingerprint density at radius 1 is 1.07 bits per heavy atom. The summed E-state index contributed by atoms with van der Waals surface area (Å²) in [5.74, 6) is 1.90. The van der Waals surface area contributed by atoms with Gasteiger partial charge in [-0.15, -0.1) is 0 Å². The predicted octanol–water partition coefficient (Wildman–Crippen LogP) is 6.90. The minimum atomic E-state index is -0.260. The molecule has 0 saturated heterocycles. The number of nitrogens with zero attached hydrogens (tertiary/aromatic N) is 3. The van der Waals surface area contributed by atoms with Crippen molar-refractivity contribution in [3.05, 3.63) is 87.3 Å². The van der Waals surface area contributed by atoms with Crippen LogP contribution >= 0.6 is 11.8 Å². The summed E-state index contributed by atoms with van der Waals surface area (Å²) >= 11 is 0.975. The maximum Gasteiger partial charge on any atom is 0.227 e. The molecule has 0 atom stereocenters. The van der Waals surface area contributed by atoms with Crippen molar-refractivity contribution < 1.29 is 19.4 Å². The standard InChI is InChI=1S/C33H42N4O4S/c1-21(37(20-39)19-23-18-35-22(2)36-30(23)34)29(14-15-38)42-31(40)27-13-12-25(33(6,7)8)17-28(27)41-26-11-9-10-24(16-26)32(3,4)5/h9-13,16-18,20,38H,14-15,19H2,1-8H3,(H2,34,35,36). The molecule has 0 radical (unpaired) electrons. The molecule has 0 saturated carbocycles. The third-order valence-corrected chi connectivity index (χ3v) is 8.02. The molecular weight excluding hydrogens is 548 g/mol. The van der Waals surface area contributed by atoms with E-state index in [1.807, 2.05) is 30.3 Å². The second-order valence-electron chi connectivity index (χ2n) is 12.3. The predicted molar refractivity (Wildman–Crippen MR) is 169 cm³/mol. The SMILES string of the molecule is CC(=C(CCO)SC(=O)c1ccc(C(C)(C)C)cc1Oc1cccc(C(C)(C)C)c1)N(C=O)Cc1cnc(C)nc1N. The normalized spacial score (nSPS) is 12.5. The van der Waals surface area contributed by atoms with Gasteiger partial charge in [0.05, 0.1) is 12.1 Å². The number of rotatable bonds is 10. The molecular formula is C33H42N4O4S. The first-order chi connectivity index (χ1) is 19.6. The Morgan fingerprint density at radius 2 is 1.74 bits per heavy atom. The maximum atomic E-state index is 13.8. The Morgan fingerprint density at radius 3 is 2.33 bits per heavy atom. The van der Waals surface area contributed by atoms with Crippen LogP contribution in [0.2, 0.25) is 0 Å². The lowest BCUT2D eigenvalue weighted by Gasteiger charge is -2.23. The van der Waals surface area contributed by atoms with E-state index >= 15 is 0 Å². The summed E-state index contributed by atoms with van der Waals surface area (Å²) in [6.07, 6.45) is 2.45. The number of nitrogen functional groups attached to an aromatic ring is 1. The van der Waals surface area contributed by atoms with Crippen LogP contribution in [0.5, 0.6) is 11.5 Å². The molecule has 3 N–H and O–H groups in total. The maximum absolute atomic E-state index is 13.8. The summed E-state index contributed by atoms with van der Waals surface area (Å²) in [5.41, 5.74) is 9.47. The van der Waals surface area contributed by atoms with Crippen LogP contribution in [0.15, 0.2) is 59.3 Å². The minimum absolute atomic E-state index is 0.0670. The van der Waals surface area contributed by atoms with Crippen molar-refractivity contribution >= 4 is 29.1 Å². The lowest BCUT2D eigenvalue weighted by molar-refractivity contribution is -0.116. The second-order valence-corrected chi connectivity index (χ2v) is 13.3. The third-order valence-electron chi connectivity index (χ3n) is 6.87. The third kappa shape index (κ3) is 8.42. The fourth-order valence-corrected chi connectivity index (χ4v) is 5.14. The summed E-state index contributed by atoms with van der Waals surface area (Å²) in [4.78, 5) is 36.3. The van der Waals surface area contributed by atoms with Crippen LogP contribution in [-0.2, 0) is 22.2 Å². The fourth-order valence-electron chi connectivity index (χ4n) is 4.18. The summed E-state index contributed by atoms with van der Waals surface area (Å²) in [7, 11) is 0. The van der Waals surface area contributed by atoms with E-state index in [4.69, 9.17) is 10.5 Å². The number of allylic oxidation sites excluding steroid dienone is 1. The van der Waals surface area contributed by atoms with Crippen LogP contribution in [0.1, 0.15) is 87.8 Å². The topological polar surface area (TPSA) is 119 Å². The van der Waals surface area contributed by atoms with E-state index in [0.717, 1.165) is 22.9 Å². The molecule has 0 unspecified atom stereocenters. The van der Waals surface area contributed by atoms with Gasteiger partial charge in [0.2, 0.25) is 11.5 Å². The van der Waals surface area contributed by atoms with Gasteiger partial charge in [-0.05, 0) is 71.8 Å². The van der Waals surface area contributed by atoms with Gasteiger partial charge in [0.25, 0.3) is 0 Å². The van der Waals surface area contributed by atoms with Crippen molar-refractivity contribution in [2.24, 2.45) is 0 Å². The van der Waals surface area contributed by atoms with Gasteiger partial charge in [-0.25, -0.2) is 9.97 Å². The molecule has 224 valence electrons. The van der Waals surface area contributed by atoms with Gasteiger partial charge in [-0.3, -0.25) is 9.59 Å². The van der Waals surface area contributed by atoms with Gasteiger partial charge in [0, 0.05) is 35.4 Å². The average Bonchev–Trinajstić information content (AvgIpc) is 2.91. The Labute approximate surface area is 253 Å². The number of amides is 1. The number of aryl methyl sites for hydroxylation is 1. The van der Waals surface area contributed by atoms with Gasteiger partial charge in [0.15, 0.2) is 0 Å². The quantitative estimate of drug-likeness (QED) is 0.245. The molecule has 3 aromatic rings. The van der Waals surface area contributed by atoms with E-state index in [0.29, 0.717) is 45.5 Å². The summed E-state index contributed by atoms with van der Waals surface area (Å²) < 4.78 is 6.38. The highest BCUT2D eigenvalue weighted by atomic mass is 32.2. The van der Waals surface area contributed by atoms with Gasteiger partial charge in [-0.1, -0.05) is 59.7 Å². The largest absolute Gasteiger partial charge is 0.457 e. The fraction of sp³-hybridized carbons (Fsp3) is 0.394. The minimum Gasteiger partial charge on any atom is -0.457 e. The van der Waals surface area contributed by atoms with Crippen molar-refractivity contribution in [3.63, 3.8) is 0 Å². The molecule has 2 aromatic carbocycles. The smallest absolute Gasteiger partial charge is 0.227 e. The number of carbonyl (C=O) groups excluding carboxylic acids is 2. The van der Waals surface area contributed by atoms with Crippen molar-refractivity contribution in [1.82, 2.24) is 14.9 Å².